The summed E-state index contributed by atoms with van der Waals surface area (Å²) in [5, 5.41) is 11.0. The first kappa shape index (κ1) is 11.3. The molecule has 1 aliphatic rings. The van der Waals surface area contributed by atoms with Gasteiger partial charge in [0.2, 0.25) is 5.82 Å². The second kappa shape index (κ2) is 4.26. The highest BCUT2D eigenvalue weighted by molar-refractivity contribution is 5.58. The molecule has 0 unspecified atom stereocenters. The Bertz CT molecular complexity index is 760. The molecule has 6 heteroatoms. The van der Waals surface area contributed by atoms with Crippen LogP contribution >= 0.6 is 0 Å². The highest BCUT2D eigenvalue weighted by Gasteiger charge is 2.26. The van der Waals surface area contributed by atoms with E-state index < -0.39 is 0 Å². The SMILES string of the molecule is Fc1ccccc1-c1noc(-c2cc(C3CC3)[nH]n2)n1. The number of H-pyrrole nitrogens is 1. The lowest BCUT2D eigenvalue weighted by Gasteiger charge is -1.94. The third-order valence-electron chi connectivity index (χ3n) is 3.37. The summed E-state index contributed by atoms with van der Waals surface area (Å²) in [6.07, 6.45) is 2.37. The monoisotopic (exact) mass is 270 g/mol. The van der Waals surface area contributed by atoms with Gasteiger partial charge >= 0.3 is 0 Å². The number of aromatic nitrogens is 4. The zero-order valence-corrected chi connectivity index (χ0v) is 10.5. The van der Waals surface area contributed by atoms with Crippen LogP contribution in [0.4, 0.5) is 4.39 Å². The molecule has 100 valence electrons. The molecule has 1 N–H and O–H groups in total. The molecule has 0 radical (unpaired) electrons. The molecule has 4 rings (SSSR count). The molecular formula is C14H11FN4O. The van der Waals surface area contributed by atoms with Gasteiger partial charge in [0.15, 0.2) is 5.69 Å². The van der Waals surface area contributed by atoms with Crippen molar-refractivity contribution in [3.05, 3.63) is 41.8 Å². The third-order valence-corrected chi connectivity index (χ3v) is 3.37. The standard InChI is InChI=1S/C14H11FN4O/c15-10-4-2-1-3-9(10)13-16-14(20-19-13)12-7-11(17-18-12)8-5-6-8/h1-4,7-8H,5-6H2,(H,17,18). The van der Waals surface area contributed by atoms with E-state index >= 15 is 0 Å². The van der Waals surface area contributed by atoms with Gasteiger partial charge in [-0.15, -0.1) is 0 Å². The van der Waals surface area contributed by atoms with E-state index in [0.29, 0.717) is 23.1 Å². The first-order valence-corrected chi connectivity index (χ1v) is 6.45. The molecule has 0 aliphatic heterocycles. The lowest BCUT2D eigenvalue weighted by Crippen LogP contribution is -1.85. The van der Waals surface area contributed by atoms with E-state index in [4.69, 9.17) is 4.52 Å². The second-order valence-corrected chi connectivity index (χ2v) is 4.89. The molecule has 0 amide bonds. The summed E-state index contributed by atoms with van der Waals surface area (Å²) in [6, 6.07) is 8.25. The van der Waals surface area contributed by atoms with E-state index in [9.17, 15) is 4.39 Å². The van der Waals surface area contributed by atoms with Crippen LogP contribution in [0.1, 0.15) is 24.5 Å². The Balaban J connectivity index is 1.68. The van der Waals surface area contributed by atoms with Crippen LogP contribution in [0, 0.1) is 5.82 Å². The summed E-state index contributed by atoms with van der Waals surface area (Å²) in [5.74, 6) is 0.728. The van der Waals surface area contributed by atoms with Crippen LogP contribution < -0.4 is 0 Å². The van der Waals surface area contributed by atoms with E-state index in [-0.39, 0.29) is 11.6 Å². The van der Waals surface area contributed by atoms with Crippen LogP contribution in [0.2, 0.25) is 0 Å². The zero-order valence-electron chi connectivity index (χ0n) is 10.5. The molecule has 0 spiro atoms. The molecule has 0 atom stereocenters. The maximum Gasteiger partial charge on any atom is 0.278 e. The largest absolute Gasteiger partial charge is 0.332 e. The zero-order chi connectivity index (χ0) is 13.5. The Morgan fingerprint density at radius 1 is 1.25 bits per heavy atom. The summed E-state index contributed by atoms with van der Waals surface area (Å²) < 4.78 is 18.8. The molecule has 20 heavy (non-hydrogen) atoms. The van der Waals surface area contributed by atoms with E-state index in [2.05, 4.69) is 20.3 Å². The second-order valence-electron chi connectivity index (χ2n) is 4.89. The number of nitrogens with zero attached hydrogens (tertiary/aromatic N) is 3. The fourth-order valence-electron chi connectivity index (χ4n) is 2.13. The van der Waals surface area contributed by atoms with Crippen molar-refractivity contribution >= 4 is 0 Å². The van der Waals surface area contributed by atoms with Gasteiger partial charge in [-0.2, -0.15) is 10.1 Å². The minimum absolute atomic E-state index is 0.231. The van der Waals surface area contributed by atoms with Crippen molar-refractivity contribution in [2.75, 3.05) is 0 Å². The van der Waals surface area contributed by atoms with Gasteiger partial charge in [-0.05, 0) is 31.0 Å². The number of halogens is 1. The fraction of sp³-hybridized carbons (Fsp3) is 0.214. The quantitative estimate of drug-likeness (QED) is 0.793. The van der Waals surface area contributed by atoms with Gasteiger partial charge in [-0.25, -0.2) is 4.39 Å². The third kappa shape index (κ3) is 1.89. The van der Waals surface area contributed by atoms with Crippen molar-refractivity contribution in [3.63, 3.8) is 0 Å². The Kier molecular flexibility index (Phi) is 2.42. The maximum atomic E-state index is 13.7. The smallest absolute Gasteiger partial charge is 0.278 e. The molecule has 1 aromatic carbocycles. The molecule has 2 heterocycles. The van der Waals surface area contributed by atoms with Gasteiger partial charge in [0.1, 0.15) is 5.82 Å². The van der Waals surface area contributed by atoms with Crippen molar-refractivity contribution in [3.8, 4) is 23.0 Å². The molecule has 5 nitrogen and oxygen atoms in total. The summed E-state index contributed by atoms with van der Waals surface area (Å²) in [5.41, 5.74) is 2.01. The predicted octanol–water partition coefficient (Wildman–Crippen LogP) is 3.14. The summed E-state index contributed by atoms with van der Waals surface area (Å²) >= 11 is 0. The van der Waals surface area contributed by atoms with Gasteiger partial charge in [-0.3, -0.25) is 5.10 Å². The van der Waals surface area contributed by atoms with Gasteiger partial charge in [0.25, 0.3) is 5.89 Å². The summed E-state index contributed by atoms with van der Waals surface area (Å²) in [7, 11) is 0. The highest BCUT2D eigenvalue weighted by atomic mass is 19.1. The summed E-state index contributed by atoms with van der Waals surface area (Å²) in [4.78, 5) is 4.20. The van der Waals surface area contributed by atoms with Crippen molar-refractivity contribution < 1.29 is 8.91 Å². The summed E-state index contributed by atoms with van der Waals surface area (Å²) in [6.45, 7) is 0. The van der Waals surface area contributed by atoms with E-state index in [1.807, 2.05) is 6.07 Å². The molecule has 1 saturated carbocycles. The lowest BCUT2D eigenvalue weighted by atomic mass is 10.2. The van der Waals surface area contributed by atoms with E-state index in [0.717, 1.165) is 5.69 Å². The van der Waals surface area contributed by atoms with E-state index in [1.165, 1.54) is 18.9 Å². The average molecular weight is 270 g/mol. The Morgan fingerprint density at radius 3 is 2.90 bits per heavy atom. The van der Waals surface area contributed by atoms with Gasteiger partial charge in [-0.1, -0.05) is 17.3 Å². The molecule has 0 bridgehead atoms. The fourth-order valence-corrected chi connectivity index (χ4v) is 2.13. The van der Waals surface area contributed by atoms with Crippen molar-refractivity contribution in [1.29, 1.82) is 0 Å². The number of benzene rings is 1. The van der Waals surface area contributed by atoms with Crippen LogP contribution in [-0.4, -0.2) is 20.3 Å². The van der Waals surface area contributed by atoms with Crippen molar-refractivity contribution in [1.82, 2.24) is 20.3 Å². The first-order chi connectivity index (χ1) is 9.81. The maximum absolute atomic E-state index is 13.7. The number of rotatable bonds is 3. The van der Waals surface area contributed by atoms with Gasteiger partial charge in [0.05, 0.1) is 5.56 Å². The Hall–Kier alpha value is -2.50. The lowest BCUT2D eigenvalue weighted by molar-refractivity contribution is 0.430. The van der Waals surface area contributed by atoms with Crippen LogP contribution in [0.5, 0.6) is 0 Å². The molecule has 1 fully saturated rings. The minimum Gasteiger partial charge on any atom is -0.332 e. The molecule has 3 aromatic rings. The Morgan fingerprint density at radius 2 is 2.10 bits per heavy atom. The van der Waals surface area contributed by atoms with Crippen LogP contribution in [-0.2, 0) is 0 Å². The van der Waals surface area contributed by atoms with Crippen LogP contribution in [0.3, 0.4) is 0 Å². The van der Waals surface area contributed by atoms with E-state index in [1.54, 1.807) is 18.2 Å². The normalized spacial score (nSPS) is 14.7. The minimum atomic E-state index is -0.374. The number of aromatic amines is 1. The highest BCUT2D eigenvalue weighted by Crippen LogP contribution is 2.39. The molecule has 0 saturated heterocycles. The number of hydrogen-bond acceptors (Lipinski definition) is 4. The average Bonchev–Trinajstić information content (AvgIpc) is 3.01. The van der Waals surface area contributed by atoms with Crippen molar-refractivity contribution in [2.45, 2.75) is 18.8 Å². The predicted molar refractivity (Wildman–Crippen MR) is 69.2 cm³/mol. The number of nitrogens with one attached hydrogen (secondary N) is 1. The van der Waals surface area contributed by atoms with Crippen LogP contribution in [0.25, 0.3) is 23.0 Å². The van der Waals surface area contributed by atoms with Gasteiger partial charge < -0.3 is 4.52 Å². The number of hydrogen-bond donors (Lipinski definition) is 1. The topological polar surface area (TPSA) is 67.6 Å². The Labute approximate surface area is 113 Å². The molecular weight excluding hydrogens is 259 g/mol. The van der Waals surface area contributed by atoms with Crippen molar-refractivity contribution in [2.24, 2.45) is 0 Å². The first-order valence-electron chi connectivity index (χ1n) is 6.45. The molecule has 1 aliphatic carbocycles. The van der Waals surface area contributed by atoms with Crippen LogP contribution in [0.15, 0.2) is 34.9 Å². The van der Waals surface area contributed by atoms with Gasteiger partial charge in [0, 0.05) is 11.6 Å². The molecule has 2 aromatic heterocycles.